The molecule has 3 rings (SSSR count). The number of aromatic nitrogens is 3. The molecule has 4 nitrogen and oxygen atoms in total. The molecule has 0 bridgehead atoms. The molecule has 0 aliphatic carbocycles. The molecule has 3 aromatic rings. The van der Waals surface area contributed by atoms with Crippen molar-refractivity contribution in [2.24, 2.45) is 0 Å². The van der Waals surface area contributed by atoms with E-state index in [0.29, 0.717) is 10.9 Å². The van der Waals surface area contributed by atoms with Crippen molar-refractivity contribution in [3.63, 3.8) is 0 Å². The first-order valence-electron chi connectivity index (χ1n) is 6.63. The minimum Gasteiger partial charge on any atom is -0.484 e. The SMILES string of the molecule is Cc1cnc2ccc(C(C)Oc3cnnc(Cl)c3)cc2c1. The number of hydrogen-bond acceptors (Lipinski definition) is 4. The zero-order chi connectivity index (χ0) is 14.8. The number of fused-ring (bicyclic) bond motifs is 1. The van der Waals surface area contributed by atoms with E-state index in [0.717, 1.165) is 22.0 Å². The van der Waals surface area contributed by atoms with Crippen LogP contribution in [0.4, 0.5) is 0 Å². The zero-order valence-corrected chi connectivity index (χ0v) is 12.5. The highest BCUT2D eigenvalue weighted by Crippen LogP contribution is 2.25. The van der Waals surface area contributed by atoms with Crippen LogP contribution >= 0.6 is 11.6 Å². The van der Waals surface area contributed by atoms with Crippen LogP contribution in [0.15, 0.2) is 42.7 Å². The van der Waals surface area contributed by atoms with E-state index in [1.165, 1.54) is 0 Å². The van der Waals surface area contributed by atoms with Gasteiger partial charge in [-0.25, -0.2) is 0 Å². The van der Waals surface area contributed by atoms with E-state index in [2.05, 4.69) is 27.3 Å². The van der Waals surface area contributed by atoms with Crippen LogP contribution in [0, 0.1) is 6.92 Å². The molecule has 106 valence electrons. The van der Waals surface area contributed by atoms with Gasteiger partial charge in [0.25, 0.3) is 0 Å². The molecule has 0 aliphatic rings. The zero-order valence-electron chi connectivity index (χ0n) is 11.7. The highest BCUT2D eigenvalue weighted by molar-refractivity contribution is 6.29. The Bertz CT molecular complexity index is 791. The highest BCUT2D eigenvalue weighted by Gasteiger charge is 2.09. The van der Waals surface area contributed by atoms with E-state index in [9.17, 15) is 0 Å². The van der Waals surface area contributed by atoms with Crippen molar-refractivity contribution in [1.82, 2.24) is 15.2 Å². The van der Waals surface area contributed by atoms with Gasteiger partial charge in [0.1, 0.15) is 11.9 Å². The van der Waals surface area contributed by atoms with Gasteiger partial charge in [-0.15, -0.1) is 5.10 Å². The lowest BCUT2D eigenvalue weighted by atomic mass is 10.1. The van der Waals surface area contributed by atoms with Crippen LogP contribution in [-0.4, -0.2) is 15.2 Å². The maximum atomic E-state index is 5.85. The number of halogens is 1. The van der Waals surface area contributed by atoms with Crippen molar-refractivity contribution in [3.05, 3.63) is 59.0 Å². The Morgan fingerprint density at radius 2 is 2.00 bits per heavy atom. The van der Waals surface area contributed by atoms with Crippen molar-refractivity contribution in [2.45, 2.75) is 20.0 Å². The first-order valence-corrected chi connectivity index (χ1v) is 7.01. The maximum absolute atomic E-state index is 5.85. The Balaban J connectivity index is 1.88. The second-order valence-electron chi connectivity index (χ2n) is 4.94. The monoisotopic (exact) mass is 299 g/mol. The van der Waals surface area contributed by atoms with Gasteiger partial charge in [-0.3, -0.25) is 4.98 Å². The molecule has 0 spiro atoms. The Labute approximate surface area is 127 Å². The molecule has 0 N–H and O–H groups in total. The number of pyridine rings is 1. The summed E-state index contributed by atoms with van der Waals surface area (Å²) in [5, 5.41) is 8.90. The minimum atomic E-state index is -0.116. The van der Waals surface area contributed by atoms with Gasteiger partial charge >= 0.3 is 0 Å². The topological polar surface area (TPSA) is 47.9 Å². The maximum Gasteiger partial charge on any atom is 0.155 e. The highest BCUT2D eigenvalue weighted by atomic mass is 35.5. The lowest BCUT2D eigenvalue weighted by Gasteiger charge is -2.15. The summed E-state index contributed by atoms with van der Waals surface area (Å²) >= 11 is 5.81. The van der Waals surface area contributed by atoms with Crippen LogP contribution in [0.3, 0.4) is 0 Å². The standard InChI is InChI=1S/C16H14ClN3O/c1-10-5-13-6-12(3-4-15(13)18-8-10)11(2)21-14-7-16(17)20-19-9-14/h3-9,11H,1-2H3. The van der Waals surface area contributed by atoms with Crippen molar-refractivity contribution < 1.29 is 4.74 Å². The molecule has 1 atom stereocenters. The fourth-order valence-corrected chi connectivity index (χ4v) is 2.33. The van der Waals surface area contributed by atoms with E-state index < -0.39 is 0 Å². The quantitative estimate of drug-likeness (QED) is 0.729. The summed E-state index contributed by atoms with van der Waals surface area (Å²) in [5.41, 5.74) is 3.19. The normalized spacial score (nSPS) is 12.3. The molecular weight excluding hydrogens is 286 g/mol. The molecule has 0 amide bonds. The lowest BCUT2D eigenvalue weighted by molar-refractivity contribution is 0.226. The molecule has 0 fully saturated rings. The van der Waals surface area contributed by atoms with Crippen LogP contribution in [0.5, 0.6) is 5.75 Å². The Morgan fingerprint density at radius 3 is 2.81 bits per heavy atom. The predicted molar refractivity (Wildman–Crippen MR) is 82.6 cm³/mol. The molecule has 0 saturated heterocycles. The molecule has 0 aliphatic heterocycles. The molecule has 5 heteroatoms. The van der Waals surface area contributed by atoms with E-state index in [1.807, 2.05) is 32.2 Å². The van der Waals surface area contributed by atoms with Gasteiger partial charge in [-0.1, -0.05) is 17.7 Å². The van der Waals surface area contributed by atoms with E-state index >= 15 is 0 Å². The second-order valence-corrected chi connectivity index (χ2v) is 5.33. The first kappa shape index (κ1) is 13.8. The summed E-state index contributed by atoms with van der Waals surface area (Å²) in [7, 11) is 0. The largest absolute Gasteiger partial charge is 0.484 e. The Morgan fingerprint density at radius 1 is 1.14 bits per heavy atom. The summed E-state index contributed by atoms with van der Waals surface area (Å²) in [6, 6.07) is 9.88. The van der Waals surface area contributed by atoms with Crippen molar-refractivity contribution >= 4 is 22.5 Å². The van der Waals surface area contributed by atoms with E-state index in [1.54, 1.807) is 12.3 Å². The number of aryl methyl sites for hydroxylation is 1. The van der Waals surface area contributed by atoms with E-state index in [4.69, 9.17) is 16.3 Å². The number of ether oxygens (including phenoxy) is 1. The molecule has 1 aromatic carbocycles. The molecule has 2 aromatic heterocycles. The molecule has 0 radical (unpaired) electrons. The number of hydrogen-bond donors (Lipinski definition) is 0. The molecule has 21 heavy (non-hydrogen) atoms. The predicted octanol–water partition coefficient (Wildman–Crippen LogP) is 4.13. The fourth-order valence-electron chi connectivity index (χ4n) is 2.17. The summed E-state index contributed by atoms with van der Waals surface area (Å²) in [6.45, 7) is 4.02. The van der Waals surface area contributed by atoms with Gasteiger partial charge in [0.05, 0.1) is 11.7 Å². The molecule has 2 heterocycles. The third-order valence-electron chi connectivity index (χ3n) is 3.22. The average molecular weight is 300 g/mol. The number of benzene rings is 1. The van der Waals surface area contributed by atoms with Gasteiger partial charge in [0.2, 0.25) is 0 Å². The summed E-state index contributed by atoms with van der Waals surface area (Å²) in [4.78, 5) is 4.40. The van der Waals surface area contributed by atoms with Crippen LogP contribution in [0.2, 0.25) is 5.15 Å². The minimum absolute atomic E-state index is 0.116. The smallest absolute Gasteiger partial charge is 0.155 e. The van der Waals surface area contributed by atoms with Gasteiger partial charge in [0.15, 0.2) is 5.15 Å². The van der Waals surface area contributed by atoms with E-state index in [-0.39, 0.29) is 6.10 Å². The first-order chi connectivity index (χ1) is 10.1. The third kappa shape index (κ3) is 3.11. The summed E-state index contributed by atoms with van der Waals surface area (Å²) in [5.74, 6) is 0.602. The third-order valence-corrected chi connectivity index (χ3v) is 3.41. The van der Waals surface area contributed by atoms with Gasteiger partial charge < -0.3 is 4.74 Å². The van der Waals surface area contributed by atoms with Crippen LogP contribution < -0.4 is 4.74 Å². The Hall–Kier alpha value is -2.20. The molecule has 1 unspecified atom stereocenters. The van der Waals surface area contributed by atoms with Crippen LogP contribution in [-0.2, 0) is 0 Å². The van der Waals surface area contributed by atoms with Gasteiger partial charge in [-0.05, 0) is 43.2 Å². The van der Waals surface area contributed by atoms with Gasteiger partial charge in [-0.2, -0.15) is 5.10 Å². The van der Waals surface area contributed by atoms with Crippen molar-refractivity contribution in [3.8, 4) is 5.75 Å². The average Bonchev–Trinajstić information content (AvgIpc) is 2.46. The second kappa shape index (κ2) is 5.66. The van der Waals surface area contributed by atoms with Crippen molar-refractivity contribution in [1.29, 1.82) is 0 Å². The summed E-state index contributed by atoms with van der Waals surface area (Å²) in [6.07, 6.45) is 3.30. The van der Waals surface area contributed by atoms with Crippen LogP contribution in [0.1, 0.15) is 24.2 Å². The fraction of sp³-hybridized carbons (Fsp3) is 0.188. The number of nitrogens with zero attached hydrogens (tertiary/aromatic N) is 3. The van der Waals surface area contributed by atoms with Crippen LogP contribution in [0.25, 0.3) is 10.9 Å². The van der Waals surface area contributed by atoms with Crippen molar-refractivity contribution in [2.75, 3.05) is 0 Å². The Kier molecular flexibility index (Phi) is 3.71. The lowest BCUT2D eigenvalue weighted by Crippen LogP contribution is -2.03. The van der Waals surface area contributed by atoms with Gasteiger partial charge in [0, 0.05) is 17.6 Å². The molecule has 0 saturated carbocycles. The molecular formula is C16H14ClN3O. The number of rotatable bonds is 3. The summed E-state index contributed by atoms with van der Waals surface area (Å²) < 4.78 is 5.85.